The molecule has 0 unspecified atom stereocenters. The second-order valence-electron chi connectivity index (χ2n) is 5.68. The van der Waals surface area contributed by atoms with Gasteiger partial charge in [-0.2, -0.15) is 0 Å². The third-order valence-corrected chi connectivity index (χ3v) is 4.38. The number of hydrogen-bond donors (Lipinski definition) is 1. The van der Waals surface area contributed by atoms with E-state index in [4.69, 9.17) is 0 Å². The van der Waals surface area contributed by atoms with Gasteiger partial charge in [0, 0.05) is 44.0 Å². The van der Waals surface area contributed by atoms with E-state index in [2.05, 4.69) is 39.4 Å². The molecule has 0 saturated heterocycles. The maximum Gasteiger partial charge on any atom is 0.193 e. The molecule has 1 aliphatic carbocycles. The Kier molecular flexibility index (Phi) is 3.40. The van der Waals surface area contributed by atoms with E-state index in [1.165, 1.54) is 25.0 Å². The Labute approximate surface area is 114 Å². The molecule has 0 atom stereocenters. The van der Waals surface area contributed by atoms with Crippen molar-refractivity contribution in [1.82, 2.24) is 15.2 Å². The maximum absolute atomic E-state index is 4.58. The molecule has 0 aromatic carbocycles. The Balaban J connectivity index is 1.69. The highest BCUT2D eigenvalue weighted by Gasteiger charge is 2.40. The summed E-state index contributed by atoms with van der Waals surface area (Å²) >= 11 is 0. The average Bonchev–Trinajstić information content (AvgIpc) is 2.41. The van der Waals surface area contributed by atoms with Crippen LogP contribution in [0.1, 0.15) is 31.4 Å². The van der Waals surface area contributed by atoms with Crippen LogP contribution in [0.5, 0.6) is 0 Å². The molecule has 2 aliphatic rings. The molecule has 2 heterocycles. The SMILES string of the molecule is CN1CCCN=C1NCC1(c2ccccn2)CCC1. The number of guanidine groups is 1. The Hall–Kier alpha value is -1.58. The first-order valence-corrected chi connectivity index (χ1v) is 7.21. The minimum Gasteiger partial charge on any atom is -0.355 e. The lowest BCUT2D eigenvalue weighted by Crippen LogP contribution is -2.50. The number of aromatic nitrogens is 1. The first-order chi connectivity index (χ1) is 9.30. The van der Waals surface area contributed by atoms with Gasteiger partial charge in [-0.3, -0.25) is 9.98 Å². The van der Waals surface area contributed by atoms with Crippen LogP contribution in [0, 0.1) is 0 Å². The van der Waals surface area contributed by atoms with Crippen molar-refractivity contribution in [3.05, 3.63) is 30.1 Å². The van der Waals surface area contributed by atoms with Crippen molar-refractivity contribution in [2.75, 3.05) is 26.7 Å². The van der Waals surface area contributed by atoms with Gasteiger partial charge in [0.15, 0.2) is 5.96 Å². The van der Waals surface area contributed by atoms with Crippen LogP contribution in [0.2, 0.25) is 0 Å². The molecule has 4 nitrogen and oxygen atoms in total. The van der Waals surface area contributed by atoms with Crippen molar-refractivity contribution in [3.63, 3.8) is 0 Å². The van der Waals surface area contributed by atoms with Gasteiger partial charge < -0.3 is 10.2 Å². The number of aliphatic imine (C=N–C) groups is 1. The molecule has 1 N–H and O–H groups in total. The van der Waals surface area contributed by atoms with E-state index in [1.54, 1.807) is 0 Å². The summed E-state index contributed by atoms with van der Waals surface area (Å²) in [6.45, 7) is 3.00. The Morgan fingerprint density at radius 1 is 1.32 bits per heavy atom. The topological polar surface area (TPSA) is 40.5 Å². The van der Waals surface area contributed by atoms with E-state index in [1.807, 2.05) is 12.3 Å². The summed E-state index contributed by atoms with van der Waals surface area (Å²) in [6, 6.07) is 6.24. The second-order valence-corrected chi connectivity index (χ2v) is 5.68. The van der Waals surface area contributed by atoms with E-state index < -0.39 is 0 Å². The highest BCUT2D eigenvalue weighted by molar-refractivity contribution is 5.80. The van der Waals surface area contributed by atoms with Gasteiger partial charge in [-0.1, -0.05) is 12.5 Å². The van der Waals surface area contributed by atoms with Crippen LogP contribution in [-0.2, 0) is 5.41 Å². The smallest absolute Gasteiger partial charge is 0.193 e. The predicted octanol–water partition coefficient (Wildman–Crippen LogP) is 1.78. The number of rotatable bonds is 3. The number of pyridine rings is 1. The van der Waals surface area contributed by atoms with Crippen LogP contribution in [0.15, 0.2) is 29.4 Å². The highest BCUT2D eigenvalue weighted by Crippen LogP contribution is 2.42. The van der Waals surface area contributed by atoms with Gasteiger partial charge in [-0.15, -0.1) is 0 Å². The fourth-order valence-corrected chi connectivity index (χ4v) is 2.96. The largest absolute Gasteiger partial charge is 0.355 e. The van der Waals surface area contributed by atoms with Crippen LogP contribution < -0.4 is 5.32 Å². The number of nitrogens with zero attached hydrogens (tertiary/aromatic N) is 3. The quantitative estimate of drug-likeness (QED) is 0.898. The standard InChI is InChI=1S/C15H22N4/c1-19-11-5-10-17-14(19)18-12-15(7-4-8-15)13-6-2-3-9-16-13/h2-3,6,9H,4-5,7-8,10-12H2,1H3,(H,17,18). The molecule has 0 amide bonds. The van der Waals surface area contributed by atoms with Gasteiger partial charge in [0.1, 0.15) is 0 Å². The van der Waals surface area contributed by atoms with Crippen molar-refractivity contribution in [2.45, 2.75) is 31.1 Å². The summed E-state index contributed by atoms with van der Waals surface area (Å²) in [5.41, 5.74) is 1.45. The van der Waals surface area contributed by atoms with E-state index >= 15 is 0 Å². The lowest BCUT2D eigenvalue weighted by atomic mass is 9.66. The minimum atomic E-state index is 0.224. The Morgan fingerprint density at radius 3 is 2.84 bits per heavy atom. The van der Waals surface area contributed by atoms with Gasteiger partial charge >= 0.3 is 0 Å². The van der Waals surface area contributed by atoms with Gasteiger partial charge in [0.05, 0.1) is 0 Å². The summed E-state index contributed by atoms with van der Waals surface area (Å²) < 4.78 is 0. The maximum atomic E-state index is 4.58. The fourth-order valence-electron chi connectivity index (χ4n) is 2.96. The lowest BCUT2D eigenvalue weighted by molar-refractivity contribution is 0.234. The van der Waals surface area contributed by atoms with Crippen LogP contribution in [-0.4, -0.2) is 42.5 Å². The normalized spacial score (nSPS) is 21.5. The monoisotopic (exact) mass is 258 g/mol. The van der Waals surface area contributed by atoms with Crippen molar-refractivity contribution >= 4 is 5.96 Å². The average molecular weight is 258 g/mol. The molecule has 0 bridgehead atoms. The molecule has 0 radical (unpaired) electrons. The fraction of sp³-hybridized carbons (Fsp3) is 0.600. The van der Waals surface area contributed by atoms with Gasteiger partial charge in [0.2, 0.25) is 0 Å². The molecule has 1 aromatic heterocycles. The van der Waals surface area contributed by atoms with Crippen molar-refractivity contribution in [1.29, 1.82) is 0 Å². The van der Waals surface area contributed by atoms with Gasteiger partial charge in [-0.25, -0.2) is 0 Å². The zero-order valence-electron chi connectivity index (χ0n) is 11.6. The zero-order chi connectivity index (χ0) is 13.1. The van der Waals surface area contributed by atoms with Crippen LogP contribution >= 0.6 is 0 Å². The summed E-state index contributed by atoms with van der Waals surface area (Å²) in [5.74, 6) is 1.05. The van der Waals surface area contributed by atoms with Crippen LogP contribution in [0.4, 0.5) is 0 Å². The van der Waals surface area contributed by atoms with Crippen LogP contribution in [0.3, 0.4) is 0 Å². The highest BCUT2D eigenvalue weighted by atomic mass is 15.3. The molecular weight excluding hydrogens is 236 g/mol. The van der Waals surface area contributed by atoms with Crippen molar-refractivity contribution in [3.8, 4) is 0 Å². The zero-order valence-corrected chi connectivity index (χ0v) is 11.6. The molecule has 1 aliphatic heterocycles. The van der Waals surface area contributed by atoms with Gasteiger partial charge in [-0.05, 0) is 31.4 Å². The summed E-state index contributed by atoms with van der Waals surface area (Å²) in [7, 11) is 2.11. The molecule has 0 spiro atoms. The molecule has 19 heavy (non-hydrogen) atoms. The third-order valence-electron chi connectivity index (χ3n) is 4.38. The Bertz CT molecular complexity index is 450. The number of nitrogens with one attached hydrogen (secondary N) is 1. The second kappa shape index (κ2) is 5.19. The third kappa shape index (κ3) is 2.44. The van der Waals surface area contributed by atoms with E-state index in [9.17, 15) is 0 Å². The summed E-state index contributed by atoms with van der Waals surface area (Å²) in [6.07, 6.45) is 6.83. The molecule has 3 rings (SSSR count). The first-order valence-electron chi connectivity index (χ1n) is 7.21. The molecule has 1 aromatic rings. The summed E-state index contributed by atoms with van der Waals surface area (Å²) in [4.78, 5) is 11.4. The molecule has 1 fully saturated rings. The summed E-state index contributed by atoms with van der Waals surface area (Å²) in [5, 5.41) is 3.55. The molecular formula is C15H22N4. The van der Waals surface area contributed by atoms with Crippen molar-refractivity contribution in [2.24, 2.45) is 4.99 Å². The molecule has 1 saturated carbocycles. The van der Waals surface area contributed by atoms with Crippen LogP contribution in [0.25, 0.3) is 0 Å². The van der Waals surface area contributed by atoms with E-state index in [0.717, 1.165) is 32.0 Å². The van der Waals surface area contributed by atoms with E-state index in [-0.39, 0.29) is 5.41 Å². The lowest BCUT2D eigenvalue weighted by Gasteiger charge is -2.42. The number of hydrogen-bond acceptors (Lipinski definition) is 4. The van der Waals surface area contributed by atoms with Gasteiger partial charge in [0.25, 0.3) is 0 Å². The van der Waals surface area contributed by atoms with Crippen molar-refractivity contribution < 1.29 is 0 Å². The first kappa shape index (κ1) is 12.5. The molecule has 4 heteroatoms. The Morgan fingerprint density at radius 2 is 2.21 bits per heavy atom. The minimum absolute atomic E-state index is 0.224. The predicted molar refractivity (Wildman–Crippen MR) is 77.3 cm³/mol. The van der Waals surface area contributed by atoms with E-state index in [0.29, 0.717) is 0 Å². The molecule has 102 valence electrons.